The quantitative estimate of drug-likeness (QED) is 0.574. The smallest absolute Gasteiger partial charge is 0.148 e. The second-order valence-corrected chi connectivity index (χ2v) is 2.16. The first-order valence-corrected chi connectivity index (χ1v) is 3.04. The molecule has 1 aliphatic heterocycles. The van der Waals surface area contributed by atoms with E-state index in [2.05, 4.69) is 11.9 Å². The maximum absolute atomic E-state index is 10.6. The van der Waals surface area contributed by atoms with Crippen LogP contribution in [-0.4, -0.2) is 18.4 Å². The molecule has 1 aliphatic rings. The Morgan fingerprint density at radius 1 is 1.78 bits per heavy atom. The minimum atomic E-state index is 0.245. The van der Waals surface area contributed by atoms with E-state index in [9.17, 15) is 4.79 Å². The number of Topliss-reactive ketones (excluding diaryl/α,β-unsaturated/α-hetero) is 1. The molecule has 0 aromatic heterocycles. The Hall–Kier alpha value is -0.630. The van der Waals surface area contributed by atoms with Crippen molar-refractivity contribution in [3.05, 3.63) is 19.1 Å². The lowest BCUT2D eigenvalue weighted by Crippen LogP contribution is -2.20. The van der Waals surface area contributed by atoms with Crippen molar-refractivity contribution in [2.24, 2.45) is 0 Å². The molecule has 0 amide bonds. The average molecular weight is 124 g/mol. The summed E-state index contributed by atoms with van der Waals surface area (Å²) in [6, 6.07) is 0.245. The van der Waals surface area contributed by atoms with Gasteiger partial charge in [-0.05, 0) is 0 Å². The molecule has 1 unspecified atom stereocenters. The molecule has 1 atom stereocenters. The van der Waals surface area contributed by atoms with E-state index in [4.69, 9.17) is 0 Å². The third-order valence-corrected chi connectivity index (χ3v) is 1.38. The summed E-state index contributed by atoms with van der Waals surface area (Å²) >= 11 is 0. The number of nitrogens with one attached hydrogen (secondary N) is 1. The highest BCUT2D eigenvalue weighted by molar-refractivity contribution is 5.83. The minimum Gasteiger partial charge on any atom is -0.306 e. The number of ketones is 1. The van der Waals surface area contributed by atoms with Gasteiger partial charge < -0.3 is 5.32 Å². The highest BCUT2D eigenvalue weighted by Gasteiger charge is 2.19. The maximum Gasteiger partial charge on any atom is 0.148 e. The van der Waals surface area contributed by atoms with E-state index in [1.165, 1.54) is 0 Å². The molecule has 1 rings (SSSR count). The lowest BCUT2D eigenvalue weighted by Gasteiger charge is -2.01. The molecule has 2 nitrogen and oxygen atoms in total. The van der Waals surface area contributed by atoms with Crippen molar-refractivity contribution in [1.82, 2.24) is 5.32 Å². The average Bonchev–Trinajstić information content (AvgIpc) is 2.17. The fourth-order valence-electron chi connectivity index (χ4n) is 0.935. The van der Waals surface area contributed by atoms with Crippen LogP contribution in [0.1, 0.15) is 6.42 Å². The first-order chi connectivity index (χ1) is 4.33. The Kier molecular flexibility index (Phi) is 2.01. The van der Waals surface area contributed by atoms with Gasteiger partial charge in [0.25, 0.3) is 0 Å². The molecule has 1 heterocycles. The van der Waals surface area contributed by atoms with Gasteiger partial charge in [0.15, 0.2) is 0 Å². The van der Waals surface area contributed by atoms with Crippen molar-refractivity contribution in [2.75, 3.05) is 6.54 Å². The first kappa shape index (κ1) is 6.49. The van der Waals surface area contributed by atoms with Crippen LogP contribution in [-0.2, 0) is 4.79 Å². The second kappa shape index (κ2) is 2.78. The number of carbonyl (C=O) groups is 1. The highest BCUT2D eigenvalue weighted by atomic mass is 16.1. The summed E-state index contributed by atoms with van der Waals surface area (Å²) in [5, 5.41) is 3.03. The maximum atomic E-state index is 10.6. The van der Waals surface area contributed by atoms with Crippen LogP contribution < -0.4 is 5.32 Å². The predicted molar refractivity (Wildman–Crippen MR) is 35.9 cm³/mol. The van der Waals surface area contributed by atoms with Crippen LogP contribution in [0.2, 0.25) is 0 Å². The zero-order valence-electron chi connectivity index (χ0n) is 5.26. The van der Waals surface area contributed by atoms with Crippen LogP contribution in [0.15, 0.2) is 12.7 Å². The highest BCUT2D eigenvalue weighted by Crippen LogP contribution is 2.04. The van der Waals surface area contributed by atoms with Crippen molar-refractivity contribution in [2.45, 2.75) is 12.5 Å². The molecule has 1 radical (unpaired) electrons. The van der Waals surface area contributed by atoms with Crippen LogP contribution in [0.3, 0.4) is 0 Å². The van der Waals surface area contributed by atoms with Crippen LogP contribution >= 0.6 is 0 Å². The SMILES string of the molecule is C=C[CH]C1CC(=O)CN1. The Balaban J connectivity index is 2.29. The molecule has 1 N–H and O–H groups in total. The van der Waals surface area contributed by atoms with Gasteiger partial charge in [-0.3, -0.25) is 4.79 Å². The van der Waals surface area contributed by atoms with Crippen molar-refractivity contribution in [3.63, 3.8) is 0 Å². The van der Waals surface area contributed by atoms with Crippen molar-refractivity contribution >= 4 is 5.78 Å². The van der Waals surface area contributed by atoms with E-state index in [1.807, 2.05) is 6.42 Å². The van der Waals surface area contributed by atoms with E-state index >= 15 is 0 Å². The zero-order valence-corrected chi connectivity index (χ0v) is 5.26. The summed E-state index contributed by atoms with van der Waals surface area (Å²) < 4.78 is 0. The molecule has 1 fully saturated rings. The van der Waals surface area contributed by atoms with Crippen molar-refractivity contribution < 1.29 is 4.79 Å². The van der Waals surface area contributed by atoms with Crippen LogP contribution in [0.25, 0.3) is 0 Å². The summed E-state index contributed by atoms with van der Waals surface area (Å²) in [6.07, 6.45) is 4.26. The standard InChI is InChI=1S/C7H10NO/c1-2-3-6-4-7(9)5-8-6/h2-3,6,8H,1,4-5H2. The van der Waals surface area contributed by atoms with Crippen molar-refractivity contribution in [1.29, 1.82) is 0 Å². The third kappa shape index (κ3) is 1.64. The van der Waals surface area contributed by atoms with Crippen LogP contribution in [0.4, 0.5) is 0 Å². The molecule has 9 heavy (non-hydrogen) atoms. The van der Waals surface area contributed by atoms with Gasteiger partial charge in [-0.25, -0.2) is 0 Å². The van der Waals surface area contributed by atoms with E-state index in [0.29, 0.717) is 13.0 Å². The lowest BCUT2D eigenvalue weighted by atomic mass is 10.1. The second-order valence-electron chi connectivity index (χ2n) is 2.16. The normalized spacial score (nSPS) is 26.7. The van der Waals surface area contributed by atoms with Gasteiger partial charge in [-0.15, -0.1) is 6.58 Å². The number of hydrogen-bond acceptors (Lipinski definition) is 2. The predicted octanol–water partition coefficient (Wildman–Crippen LogP) is 0.308. The zero-order chi connectivity index (χ0) is 6.69. The summed E-state index contributed by atoms with van der Waals surface area (Å²) in [5.74, 6) is 0.290. The molecule has 0 bridgehead atoms. The lowest BCUT2D eigenvalue weighted by molar-refractivity contribution is -0.116. The summed E-state index contributed by atoms with van der Waals surface area (Å²) in [6.45, 7) is 4.07. The molecular formula is C7H10NO. The summed E-state index contributed by atoms with van der Waals surface area (Å²) in [7, 11) is 0. The molecule has 0 spiro atoms. The fourth-order valence-corrected chi connectivity index (χ4v) is 0.935. The monoisotopic (exact) mass is 124 g/mol. The van der Waals surface area contributed by atoms with Gasteiger partial charge in [-0.1, -0.05) is 6.08 Å². The Bertz CT molecular complexity index is 131. The van der Waals surface area contributed by atoms with Crippen LogP contribution in [0, 0.1) is 6.42 Å². The molecule has 0 saturated carbocycles. The first-order valence-electron chi connectivity index (χ1n) is 3.04. The molecule has 0 aromatic carbocycles. The summed E-state index contributed by atoms with van der Waals surface area (Å²) in [5.41, 5.74) is 0. The van der Waals surface area contributed by atoms with Gasteiger partial charge in [0, 0.05) is 18.9 Å². The molecule has 0 aromatic rings. The Morgan fingerprint density at radius 3 is 3.00 bits per heavy atom. The Labute approximate surface area is 54.9 Å². The van der Waals surface area contributed by atoms with E-state index in [-0.39, 0.29) is 11.8 Å². The molecule has 2 heteroatoms. The van der Waals surface area contributed by atoms with Gasteiger partial charge in [0.2, 0.25) is 0 Å². The fraction of sp³-hybridized carbons (Fsp3) is 0.429. The topological polar surface area (TPSA) is 29.1 Å². The van der Waals surface area contributed by atoms with Gasteiger partial charge >= 0.3 is 0 Å². The van der Waals surface area contributed by atoms with Gasteiger partial charge in [-0.2, -0.15) is 0 Å². The van der Waals surface area contributed by atoms with E-state index in [1.54, 1.807) is 6.08 Å². The molecule has 49 valence electrons. The number of carbonyl (C=O) groups excluding carboxylic acids is 1. The van der Waals surface area contributed by atoms with Crippen LogP contribution in [0.5, 0.6) is 0 Å². The van der Waals surface area contributed by atoms with Crippen molar-refractivity contribution in [3.8, 4) is 0 Å². The third-order valence-electron chi connectivity index (χ3n) is 1.38. The molecule has 1 saturated heterocycles. The Morgan fingerprint density at radius 2 is 2.56 bits per heavy atom. The van der Waals surface area contributed by atoms with Gasteiger partial charge in [0.1, 0.15) is 5.78 Å². The number of hydrogen-bond donors (Lipinski definition) is 1. The molecule has 0 aliphatic carbocycles. The number of rotatable bonds is 2. The van der Waals surface area contributed by atoms with Gasteiger partial charge in [0.05, 0.1) is 6.54 Å². The molecular weight excluding hydrogens is 114 g/mol. The summed E-state index contributed by atoms with van der Waals surface area (Å²) in [4.78, 5) is 10.6. The minimum absolute atomic E-state index is 0.245. The largest absolute Gasteiger partial charge is 0.306 e. The van der Waals surface area contributed by atoms with E-state index < -0.39 is 0 Å². The van der Waals surface area contributed by atoms with E-state index in [0.717, 1.165) is 0 Å².